The van der Waals surface area contributed by atoms with Gasteiger partial charge in [0.25, 0.3) is 0 Å². The highest BCUT2D eigenvalue weighted by Gasteiger charge is 2.18. The number of hydrogen-bond donors (Lipinski definition) is 2. The molecule has 28 heavy (non-hydrogen) atoms. The Morgan fingerprint density at radius 1 is 1.29 bits per heavy atom. The highest BCUT2D eigenvalue weighted by atomic mass is 127. The Bertz CT molecular complexity index is 769. The second kappa shape index (κ2) is 11.0. The van der Waals surface area contributed by atoms with E-state index in [1.807, 2.05) is 31.3 Å². The van der Waals surface area contributed by atoms with Gasteiger partial charge in [-0.25, -0.2) is 0 Å². The molecular weight excluding hydrogens is 467 g/mol. The molecule has 0 radical (unpaired) electrons. The van der Waals surface area contributed by atoms with E-state index >= 15 is 0 Å². The third kappa shape index (κ3) is 6.50. The number of nitrogens with zero attached hydrogens (tertiary/aromatic N) is 4. The van der Waals surface area contributed by atoms with Crippen LogP contribution in [0.1, 0.15) is 25.3 Å². The first-order chi connectivity index (χ1) is 13.1. The van der Waals surface area contributed by atoms with Crippen molar-refractivity contribution in [3.8, 4) is 0 Å². The number of benzene rings is 1. The summed E-state index contributed by atoms with van der Waals surface area (Å²) in [6.45, 7) is 5.27. The lowest BCUT2D eigenvalue weighted by Crippen LogP contribution is -2.45. The van der Waals surface area contributed by atoms with Gasteiger partial charge < -0.3 is 15.5 Å². The molecule has 0 saturated carbocycles. The lowest BCUT2D eigenvalue weighted by molar-refractivity contribution is -0.116. The van der Waals surface area contributed by atoms with Crippen LogP contribution in [0.2, 0.25) is 0 Å². The quantitative estimate of drug-likeness (QED) is 0.380. The maximum atomic E-state index is 12.1. The number of aliphatic imine (C=N–C) groups is 1. The van der Waals surface area contributed by atoms with Gasteiger partial charge in [0, 0.05) is 44.8 Å². The van der Waals surface area contributed by atoms with Crippen molar-refractivity contribution in [2.45, 2.75) is 32.9 Å². The summed E-state index contributed by atoms with van der Waals surface area (Å²) in [6, 6.07) is 9.67. The zero-order chi connectivity index (χ0) is 19.1. The summed E-state index contributed by atoms with van der Waals surface area (Å²) in [6.07, 6.45) is 5.85. The Morgan fingerprint density at radius 3 is 2.75 bits per heavy atom. The van der Waals surface area contributed by atoms with Crippen molar-refractivity contribution in [3.05, 3.63) is 48.3 Å². The van der Waals surface area contributed by atoms with Crippen LogP contribution in [0.25, 0.3) is 0 Å². The molecule has 0 atom stereocenters. The maximum Gasteiger partial charge on any atom is 0.246 e. The third-order valence-electron chi connectivity index (χ3n) is 4.82. The van der Waals surface area contributed by atoms with E-state index in [9.17, 15) is 4.79 Å². The summed E-state index contributed by atoms with van der Waals surface area (Å²) in [7, 11) is 1.83. The van der Waals surface area contributed by atoms with Gasteiger partial charge in [0.1, 0.15) is 6.54 Å². The number of carbonyl (C=O) groups excluding carboxylic acids is 1. The van der Waals surface area contributed by atoms with Gasteiger partial charge in [0.15, 0.2) is 5.96 Å². The Balaban J connectivity index is 0.00000280. The Labute approximate surface area is 183 Å². The molecule has 1 aliphatic rings. The molecule has 0 spiro atoms. The van der Waals surface area contributed by atoms with E-state index < -0.39 is 0 Å². The molecule has 7 nitrogen and oxygen atoms in total. The van der Waals surface area contributed by atoms with E-state index in [4.69, 9.17) is 0 Å². The van der Waals surface area contributed by atoms with Crippen LogP contribution >= 0.6 is 24.0 Å². The molecule has 2 N–H and O–H groups in total. The number of guanidine groups is 1. The van der Waals surface area contributed by atoms with Crippen molar-refractivity contribution in [1.29, 1.82) is 0 Å². The molecule has 1 amide bonds. The van der Waals surface area contributed by atoms with Gasteiger partial charge in [-0.2, -0.15) is 5.10 Å². The summed E-state index contributed by atoms with van der Waals surface area (Å²) in [5, 5.41) is 10.4. The Hall–Kier alpha value is -2.10. The molecule has 2 heterocycles. The van der Waals surface area contributed by atoms with Gasteiger partial charge in [-0.15, -0.1) is 24.0 Å². The molecule has 0 aliphatic carbocycles. The average Bonchev–Trinajstić information content (AvgIpc) is 3.16. The number of carbonyl (C=O) groups is 1. The van der Waals surface area contributed by atoms with Crippen molar-refractivity contribution >= 4 is 41.5 Å². The number of rotatable bonds is 5. The smallest absolute Gasteiger partial charge is 0.246 e. The van der Waals surface area contributed by atoms with E-state index in [0.29, 0.717) is 6.54 Å². The number of anilines is 1. The van der Waals surface area contributed by atoms with Gasteiger partial charge in [0.2, 0.25) is 5.91 Å². The lowest BCUT2D eigenvalue weighted by atomic mass is 9.99. The second-order valence-corrected chi connectivity index (χ2v) is 7.02. The number of hydrogen-bond acceptors (Lipinski definition) is 3. The average molecular weight is 496 g/mol. The normalized spacial score (nSPS) is 15.1. The number of halogens is 1. The van der Waals surface area contributed by atoms with E-state index in [-0.39, 0.29) is 36.4 Å². The number of piperidine rings is 1. The number of amides is 1. The highest BCUT2D eigenvalue weighted by Crippen LogP contribution is 2.16. The van der Waals surface area contributed by atoms with Crippen molar-refractivity contribution in [2.75, 3.05) is 25.5 Å². The summed E-state index contributed by atoms with van der Waals surface area (Å²) >= 11 is 0. The molecule has 2 aromatic rings. The topological polar surface area (TPSA) is 74.5 Å². The van der Waals surface area contributed by atoms with Gasteiger partial charge in [-0.1, -0.05) is 19.1 Å². The van der Waals surface area contributed by atoms with Crippen molar-refractivity contribution < 1.29 is 4.79 Å². The first-order valence-electron chi connectivity index (χ1n) is 9.46. The third-order valence-corrected chi connectivity index (χ3v) is 4.82. The van der Waals surface area contributed by atoms with Crippen molar-refractivity contribution in [1.82, 2.24) is 20.0 Å². The first-order valence-corrected chi connectivity index (χ1v) is 9.46. The SMILES string of the molecule is CN=C(NCc1cccc(NC(=O)Cn2cccn2)c1)N1CCC(C)CC1.I. The van der Waals surface area contributed by atoms with E-state index in [0.717, 1.165) is 36.2 Å². The van der Waals surface area contributed by atoms with Gasteiger partial charge in [-0.3, -0.25) is 14.5 Å². The van der Waals surface area contributed by atoms with Crippen LogP contribution < -0.4 is 10.6 Å². The summed E-state index contributed by atoms with van der Waals surface area (Å²) in [5.41, 5.74) is 1.88. The number of nitrogens with one attached hydrogen (secondary N) is 2. The standard InChI is InChI=1S/C20H28N6O.HI/c1-16-7-11-25(12-8-16)20(21-2)22-14-17-5-3-6-18(13-17)24-19(27)15-26-10-4-9-23-26;/h3-6,9-10,13,16H,7-8,11-12,14-15H2,1-2H3,(H,21,22)(H,24,27);1H. The fourth-order valence-corrected chi connectivity index (χ4v) is 3.23. The summed E-state index contributed by atoms with van der Waals surface area (Å²) < 4.78 is 1.60. The van der Waals surface area contributed by atoms with E-state index in [2.05, 4.69) is 32.5 Å². The number of likely N-dealkylation sites (tertiary alicyclic amines) is 1. The summed E-state index contributed by atoms with van der Waals surface area (Å²) in [4.78, 5) is 18.9. The van der Waals surface area contributed by atoms with Crippen LogP contribution in [0.5, 0.6) is 0 Å². The molecule has 1 aliphatic heterocycles. The lowest BCUT2D eigenvalue weighted by Gasteiger charge is -2.33. The van der Waals surface area contributed by atoms with Crippen molar-refractivity contribution in [2.24, 2.45) is 10.9 Å². The predicted octanol–water partition coefficient (Wildman–Crippen LogP) is 2.95. The van der Waals surface area contributed by atoms with E-state index in [1.165, 1.54) is 12.8 Å². The Morgan fingerprint density at radius 2 is 2.07 bits per heavy atom. The minimum Gasteiger partial charge on any atom is -0.352 e. The first kappa shape index (κ1) is 22.2. The molecule has 1 fully saturated rings. The fourth-order valence-electron chi connectivity index (χ4n) is 3.23. The summed E-state index contributed by atoms with van der Waals surface area (Å²) in [5.74, 6) is 1.64. The molecule has 1 aromatic heterocycles. The molecule has 152 valence electrons. The molecule has 1 saturated heterocycles. The zero-order valence-electron chi connectivity index (χ0n) is 16.5. The second-order valence-electron chi connectivity index (χ2n) is 7.02. The molecule has 0 bridgehead atoms. The van der Waals surface area contributed by atoms with Crippen LogP contribution in [-0.4, -0.2) is 46.7 Å². The molecule has 0 unspecified atom stereocenters. The van der Waals surface area contributed by atoms with Gasteiger partial charge in [-0.05, 0) is 42.5 Å². The van der Waals surface area contributed by atoms with Gasteiger partial charge in [0.05, 0.1) is 0 Å². The van der Waals surface area contributed by atoms with Crippen LogP contribution in [0, 0.1) is 5.92 Å². The monoisotopic (exact) mass is 496 g/mol. The minimum absolute atomic E-state index is 0. The Kier molecular flexibility index (Phi) is 8.75. The van der Waals surface area contributed by atoms with E-state index in [1.54, 1.807) is 23.1 Å². The van der Waals surface area contributed by atoms with Gasteiger partial charge >= 0.3 is 0 Å². The maximum absolute atomic E-state index is 12.1. The van der Waals surface area contributed by atoms with Crippen LogP contribution in [0.4, 0.5) is 5.69 Å². The molecular formula is C20H29IN6O. The minimum atomic E-state index is -0.0953. The zero-order valence-corrected chi connectivity index (χ0v) is 18.8. The predicted molar refractivity (Wildman–Crippen MR) is 123 cm³/mol. The largest absolute Gasteiger partial charge is 0.352 e. The van der Waals surface area contributed by atoms with Crippen molar-refractivity contribution in [3.63, 3.8) is 0 Å². The molecule has 8 heteroatoms. The molecule has 1 aromatic carbocycles. The molecule has 3 rings (SSSR count). The van der Waals surface area contributed by atoms with Crippen LogP contribution in [-0.2, 0) is 17.9 Å². The fraction of sp³-hybridized carbons (Fsp3) is 0.450. The van der Waals surface area contributed by atoms with Crippen LogP contribution in [0.3, 0.4) is 0 Å². The number of aromatic nitrogens is 2. The highest BCUT2D eigenvalue weighted by molar-refractivity contribution is 14.0. The van der Waals surface area contributed by atoms with Crippen LogP contribution in [0.15, 0.2) is 47.7 Å².